The van der Waals surface area contributed by atoms with Gasteiger partial charge in [0.25, 0.3) is 0 Å². The van der Waals surface area contributed by atoms with Crippen molar-refractivity contribution >= 4 is 5.91 Å². The molecule has 1 rings (SSSR count). The lowest BCUT2D eigenvalue weighted by atomic mass is 10.3. The third-order valence-electron chi connectivity index (χ3n) is 2.77. The number of hydrogen-bond donors (Lipinski definition) is 0. The van der Waals surface area contributed by atoms with Crippen LogP contribution in [0.2, 0.25) is 0 Å². The molecule has 0 aromatic rings. The van der Waals surface area contributed by atoms with E-state index in [2.05, 4.69) is 16.7 Å². The lowest BCUT2D eigenvalue weighted by Crippen LogP contribution is -2.49. The molecule has 0 unspecified atom stereocenters. The van der Waals surface area contributed by atoms with E-state index in [1.54, 1.807) is 4.90 Å². The van der Waals surface area contributed by atoms with Gasteiger partial charge >= 0.3 is 0 Å². The van der Waals surface area contributed by atoms with Crippen molar-refractivity contribution in [3.8, 4) is 0 Å². The zero-order valence-corrected chi connectivity index (χ0v) is 9.49. The standard InChI is InChI=1S/C10H21N3O/c1-4-12-5-7-13(8-6-12)9-10(14)11(2)3/h4-9H2,1-3H3. The smallest absolute Gasteiger partial charge is 0.236 e. The van der Waals surface area contributed by atoms with Gasteiger partial charge in [-0.15, -0.1) is 0 Å². The molecule has 0 saturated carbocycles. The van der Waals surface area contributed by atoms with Crippen LogP contribution in [0.4, 0.5) is 0 Å². The van der Waals surface area contributed by atoms with Crippen LogP contribution >= 0.6 is 0 Å². The molecule has 0 atom stereocenters. The van der Waals surface area contributed by atoms with Crippen molar-refractivity contribution in [3.63, 3.8) is 0 Å². The molecule has 1 aliphatic rings. The maximum atomic E-state index is 11.4. The third-order valence-corrected chi connectivity index (χ3v) is 2.77. The van der Waals surface area contributed by atoms with Crippen LogP contribution in [0.25, 0.3) is 0 Å². The van der Waals surface area contributed by atoms with Gasteiger partial charge < -0.3 is 9.80 Å². The summed E-state index contributed by atoms with van der Waals surface area (Å²) in [6.07, 6.45) is 0. The van der Waals surface area contributed by atoms with E-state index in [0.717, 1.165) is 32.7 Å². The van der Waals surface area contributed by atoms with Gasteiger partial charge in [0.15, 0.2) is 0 Å². The molecule has 1 fully saturated rings. The van der Waals surface area contributed by atoms with Crippen LogP contribution in [0.1, 0.15) is 6.92 Å². The second kappa shape index (κ2) is 5.32. The van der Waals surface area contributed by atoms with Crippen molar-refractivity contribution in [3.05, 3.63) is 0 Å². The Morgan fingerprint density at radius 1 is 1.14 bits per heavy atom. The van der Waals surface area contributed by atoms with Crippen molar-refractivity contribution in [2.75, 3.05) is 53.4 Å². The van der Waals surface area contributed by atoms with Gasteiger partial charge in [-0.25, -0.2) is 0 Å². The van der Waals surface area contributed by atoms with Crippen molar-refractivity contribution in [1.29, 1.82) is 0 Å². The lowest BCUT2D eigenvalue weighted by Gasteiger charge is -2.33. The monoisotopic (exact) mass is 199 g/mol. The summed E-state index contributed by atoms with van der Waals surface area (Å²) < 4.78 is 0. The Hall–Kier alpha value is -0.610. The number of amides is 1. The normalized spacial score (nSPS) is 19.6. The Bertz CT molecular complexity index is 186. The molecule has 0 aliphatic carbocycles. The molecule has 1 saturated heterocycles. The van der Waals surface area contributed by atoms with Crippen LogP contribution in [-0.2, 0) is 4.79 Å². The summed E-state index contributed by atoms with van der Waals surface area (Å²) in [7, 11) is 3.62. The quantitative estimate of drug-likeness (QED) is 0.625. The van der Waals surface area contributed by atoms with Gasteiger partial charge in [0.2, 0.25) is 5.91 Å². The lowest BCUT2D eigenvalue weighted by molar-refractivity contribution is -0.130. The molecule has 0 aromatic heterocycles. The second-order valence-corrected chi connectivity index (χ2v) is 4.00. The van der Waals surface area contributed by atoms with E-state index >= 15 is 0 Å². The van der Waals surface area contributed by atoms with Gasteiger partial charge in [0.1, 0.15) is 0 Å². The molecule has 82 valence electrons. The molecule has 0 aromatic carbocycles. The van der Waals surface area contributed by atoms with Crippen LogP contribution < -0.4 is 0 Å². The summed E-state index contributed by atoms with van der Waals surface area (Å²) >= 11 is 0. The van der Waals surface area contributed by atoms with Gasteiger partial charge in [-0.2, -0.15) is 0 Å². The molecular weight excluding hydrogens is 178 g/mol. The molecule has 1 heterocycles. The predicted molar refractivity (Wildman–Crippen MR) is 57.2 cm³/mol. The number of likely N-dealkylation sites (N-methyl/N-ethyl adjacent to an activating group) is 2. The van der Waals surface area contributed by atoms with Crippen LogP contribution in [0.5, 0.6) is 0 Å². The largest absolute Gasteiger partial charge is 0.348 e. The molecule has 1 aliphatic heterocycles. The molecule has 0 radical (unpaired) electrons. The number of piperazine rings is 1. The Morgan fingerprint density at radius 3 is 2.07 bits per heavy atom. The third kappa shape index (κ3) is 3.27. The first-order chi connectivity index (χ1) is 6.63. The minimum atomic E-state index is 0.204. The highest BCUT2D eigenvalue weighted by molar-refractivity contribution is 5.77. The molecule has 4 nitrogen and oxygen atoms in total. The molecule has 0 bridgehead atoms. The average molecular weight is 199 g/mol. The maximum absolute atomic E-state index is 11.4. The summed E-state index contributed by atoms with van der Waals surface area (Å²) in [6.45, 7) is 8.11. The van der Waals surface area contributed by atoms with E-state index in [1.807, 2.05) is 14.1 Å². The Labute approximate surface area is 86.5 Å². The van der Waals surface area contributed by atoms with Crippen LogP contribution in [-0.4, -0.2) is 74.0 Å². The number of carbonyl (C=O) groups is 1. The maximum Gasteiger partial charge on any atom is 0.236 e. The summed E-state index contributed by atoms with van der Waals surface area (Å²) in [5.41, 5.74) is 0. The molecule has 0 N–H and O–H groups in total. The van der Waals surface area contributed by atoms with Crippen LogP contribution in [0.15, 0.2) is 0 Å². The molecule has 1 amide bonds. The highest BCUT2D eigenvalue weighted by Gasteiger charge is 2.18. The first-order valence-electron chi connectivity index (χ1n) is 5.28. The van der Waals surface area contributed by atoms with E-state index in [1.165, 1.54) is 0 Å². The summed E-state index contributed by atoms with van der Waals surface area (Å²) in [6, 6.07) is 0. The number of rotatable bonds is 3. The summed E-state index contributed by atoms with van der Waals surface area (Å²) in [5.74, 6) is 0.204. The first-order valence-corrected chi connectivity index (χ1v) is 5.28. The highest BCUT2D eigenvalue weighted by Crippen LogP contribution is 2.00. The number of carbonyl (C=O) groups excluding carboxylic acids is 1. The zero-order valence-electron chi connectivity index (χ0n) is 9.49. The van der Waals surface area contributed by atoms with Gasteiger partial charge in [0.05, 0.1) is 6.54 Å². The second-order valence-electron chi connectivity index (χ2n) is 4.00. The van der Waals surface area contributed by atoms with E-state index in [0.29, 0.717) is 6.54 Å². The van der Waals surface area contributed by atoms with E-state index in [9.17, 15) is 4.79 Å². The molecule has 0 spiro atoms. The Morgan fingerprint density at radius 2 is 1.64 bits per heavy atom. The predicted octanol–water partition coefficient (Wildman–Crippen LogP) is -0.288. The Kier molecular flexibility index (Phi) is 4.35. The van der Waals surface area contributed by atoms with E-state index < -0.39 is 0 Å². The SMILES string of the molecule is CCN1CCN(CC(=O)N(C)C)CC1. The van der Waals surface area contributed by atoms with Crippen molar-refractivity contribution in [2.45, 2.75) is 6.92 Å². The fourth-order valence-electron chi connectivity index (χ4n) is 1.60. The molecule has 4 heteroatoms. The van der Waals surface area contributed by atoms with Crippen molar-refractivity contribution in [2.24, 2.45) is 0 Å². The molecule has 14 heavy (non-hydrogen) atoms. The van der Waals surface area contributed by atoms with Crippen LogP contribution in [0.3, 0.4) is 0 Å². The minimum absolute atomic E-state index is 0.204. The number of hydrogen-bond acceptors (Lipinski definition) is 3. The van der Waals surface area contributed by atoms with E-state index in [4.69, 9.17) is 0 Å². The average Bonchev–Trinajstić information content (AvgIpc) is 2.19. The van der Waals surface area contributed by atoms with Crippen molar-refractivity contribution < 1.29 is 4.79 Å². The first kappa shape index (κ1) is 11.5. The van der Waals surface area contributed by atoms with Crippen LogP contribution in [0, 0.1) is 0 Å². The highest BCUT2D eigenvalue weighted by atomic mass is 16.2. The fourth-order valence-corrected chi connectivity index (χ4v) is 1.60. The van der Waals surface area contributed by atoms with Gasteiger partial charge in [0, 0.05) is 40.3 Å². The zero-order chi connectivity index (χ0) is 10.6. The minimum Gasteiger partial charge on any atom is -0.348 e. The summed E-state index contributed by atoms with van der Waals surface area (Å²) in [4.78, 5) is 17.7. The Balaban J connectivity index is 2.25. The topological polar surface area (TPSA) is 26.8 Å². The van der Waals surface area contributed by atoms with E-state index in [-0.39, 0.29) is 5.91 Å². The summed E-state index contributed by atoms with van der Waals surface area (Å²) in [5, 5.41) is 0. The van der Waals surface area contributed by atoms with Gasteiger partial charge in [-0.05, 0) is 6.54 Å². The van der Waals surface area contributed by atoms with Gasteiger partial charge in [-0.3, -0.25) is 9.69 Å². The number of nitrogens with zero attached hydrogens (tertiary/aromatic N) is 3. The van der Waals surface area contributed by atoms with Gasteiger partial charge in [-0.1, -0.05) is 6.92 Å². The molecular formula is C10H21N3O. The fraction of sp³-hybridized carbons (Fsp3) is 0.900. The van der Waals surface area contributed by atoms with Crippen molar-refractivity contribution in [1.82, 2.24) is 14.7 Å².